The third-order valence-electron chi connectivity index (χ3n) is 5.01. The van der Waals surface area contributed by atoms with E-state index in [4.69, 9.17) is 0 Å². The highest BCUT2D eigenvalue weighted by Gasteiger charge is 2.23. The van der Waals surface area contributed by atoms with E-state index in [1.807, 2.05) is 6.92 Å². The molecule has 1 saturated carbocycles. The summed E-state index contributed by atoms with van der Waals surface area (Å²) >= 11 is 1.68. The fraction of sp³-hybridized carbons (Fsp3) is 0.611. The van der Waals surface area contributed by atoms with Gasteiger partial charge in [-0.25, -0.2) is 9.97 Å². The summed E-state index contributed by atoms with van der Waals surface area (Å²) in [5, 5.41) is 7.45. The maximum atomic E-state index is 12.3. The number of amides is 1. The Bertz CT molecular complexity index is 755. The molecule has 0 aromatic carbocycles. The van der Waals surface area contributed by atoms with Gasteiger partial charge in [0.25, 0.3) is 0 Å². The van der Waals surface area contributed by atoms with Gasteiger partial charge in [0.05, 0.1) is 11.9 Å². The molecule has 0 bridgehead atoms. The molecule has 1 aliphatic carbocycles. The van der Waals surface area contributed by atoms with Gasteiger partial charge in [0.2, 0.25) is 5.91 Å². The predicted molar refractivity (Wildman–Crippen MR) is 99.7 cm³/mol. The smallest absolute Gasteiger partial charge is 0.239 e. The minimum Gasteiger partial charge on any atom is -0.360 e. The van der Waals surface area contributed by atoms with E-state index in [9.17, 15) is 4.79 Å². The Morgan fingerprint density at radius 3 is 2.71 bits per heavy atom. The van der Waals surface area contributed by atoms with Crippen LogP contribution in [0.25, 0.3) is 10.2 Å². The Labute approximate surface area is 147 Å². The lowest BCUT2D eigenvalue weighted by atomic mass is 9.86. The van der Waals surface area contributed by atoms with Crippen molar-refractivity contribution < 1.29 is 4.79 Å². The largest absolute Gasteiger partial charge is 0.360 e. The number of nitrogens with zero attached hydrogens (tertiary/aromatic N) is 2. The van der Waals surface area contributed by atoms with Crippen molar-refractivity contribution in [2.24, 2.45) is 5.92 Å². The standard InChI is InChI=1S/C18H26N4OS/c1-10-7-5-6-8-14(10)22-15(23)9-19-17-16-11(2)12(3)24-18(16)21-13(4)20-17/h10,14H,5-9H2,1-4H3,(H,22,23)(H,19,20,21). The van der Waals surface area contributed by atoms with Crippen LogP contribution in [0.15, 0.2) is 0 Å². The molecule has 6 heteroatoms. The molecule has 0 radical (unpaired) electrons. The minimum absolute atomic E-state index is 0.0442. The van der Waals surface area contributed by atoms with Crippen LogP contribution in [-0.4, -0.2) is 28.5 Å². The van der Waals surface area contributed by atoms with Gasteiger partial charge < -0.3 is 10.6 Å². The molecule has 2 N–H and O–H groups in total. The zero-order valence-corrected chi connectivity index (χ0v) is 15.7. The Kier molecular flexibility index (Phi) is 5.04. The minimum atomic E-state index is 0.0442. The number of carbonyl (C=O) groups excluding carboxylic acids is 1. The lowest BCUT2D eigenvalue weighted by Crippen LogP contribution is -2.43. The van der Waals surface area contributed by atoms with Crippen molar-refractivity contribution in [2.45, 2.75) is 59.4 Å². The van der Waals surface area contributed by atoms with E-state index in [2.05, 4.69) is 41.4 Å². The van der Waals surface area contributed by atoms with Crippen molar-refractivity contribution >= 4 is 33.3 Å². The second kappa shape index (κ2) is 7.05. The normalized spacial score (nSPS) is 21.0. The Morgan fingerprint density at radius 2 is 1.96 bits per heavy atom. The number of aromatic nitrogens is 2. The molecule has 1 amide bonds. The first-order valence-electron chi connectivity index (χ1n) is 8.73. The van der Waals surface area contributed by atoms with Crippen molar-refractivity contribution in [2.75, 3.05) is 11.9 Å². The van der Waals surface area contributed by atoms with Crippen molar-refractivity contribution in [3.8, 4) is 0 Å². The van der Waals surface area contributed by atoms with Crippen LogP contribution in [0.5, 0.6) is 0 Å². The molecule has 2 aromatic heterocycles. The van der Waals surface area contributed by atoms with E-state index >= 15 is 0 Å². The number of carbonyl (C=O) groups is 1. The van der Waals surface area contributed by atoms with E-state index in [1.54, 1.807) is 11.3 Å². The summed E-state index contributed by atoms with van der Waals surface area (Å²) in [4.78, 5) is 23.6. The van der Waals surface area contributed by atoms with Crippen LogP contribution in [0.3, 0.4) is 0 Å². The fourth-order valence-electron chi connectivity index (χ4n) is 3.44. The molecule has 1 aliphatic rings. The molecule has 1 fully saturated rings. The van der Waals surface area contributed by atoms with Gasteiger partial charge in [0.1, 0.15) is 16.5 Å². The number of thiophene rings is 1. The SMILES string of the molecule is Cc1nc(NCC(=O)NC2CCCCC2C)c2c(C)c(C)sc2n1. The molecule has 2 atom stereocenters. The highest BCUT2D eigenvalue weighted by Crippen LogP contribution is 2.33. The van der Waals surface area contributed by atoms with Crippen molar-refractivity contribution in [1.29, 1.82) is 0 Å². The zero-order valence-electron chi connectivity index (χ0n) is 14.9. The first kappa shape index (κ1) is 17.1. The van der Waals surface area contributed by atoms with Crippen LogP contribution in [0.2, 0.25) is 0 Å². The molecule has 2 heterocycles. The summed E-state index contributed by atoms with van der Waals surface area (Å²) in [5.41, 5.74) is 1.19. The molecule has 5 nitrogen and oxygen atoms in total. The topological polar surface area (TPSA) is 66.9 Å². The first-order chi connectivity index (χ1) is 11.5. The summed E-state index contributed by atoms with van der Waals surface area (Å²) in [6.45, 7) is 8.55. The number of anilines is 1. The lowest BCUT2D eigenvalue weighted by Gasteiger charge is -2.29. The molecule has 130 valence electrons. The maximum Gasteiger partial charge on any atom is 0.239 e. The number of nitrogens with one attached hydrogen (secondary N) is 2. The molecule has 3 rings (SSSR count). The summed E-state index contributed by atoms with van der Waals surface area (Å²) in [7, 11) is 0. The van der Waals surface area contributed by atoms with Crippen LogP contribution >= 0.6 is 11.3 Å². The first-order valence-corrected chi connectivity index (χ1v) is 9.55. The number of aryl methyl sites for hydroxylation is 3. The Morgan fingerprint density at radius 1 is 1.21 bits per heavy atom. The van der Waals surface area contributed by atoms with Gasteiger partial charge in [0.15, 0.2) is 0 Å². The second-order valence-electron chi connectivity index (χ2n) is 6.87. The maximum absolute atomic E-state index is 12.3. The number of rotatable bonds is 4. The third-order valence-corrected chi connectivity index (χ3v) is 6.12. The average Bonchev–Trinajstić information content (AvgIpc) is 2.81. The third kappa shape index (κ3) is 3.53. The monoisotopic (exact) mass is 346 g/mol. The Balaban J connectivity index is 1.70. The van der Waals surface area contributed by atoms with Crippen LogP contribution in [0.4, 0.5) is 5.82 Å². The van der Waals surface area contributed by atoms with Crippen molar-refractivity contribution in [1.82, 2.24) is 15.3 Å². The van der Waals surface area contributed by atoms with E-state index in [0.29, 0.717) is 12.0 Å². The molecule has 24 heavy (non-hydrogen) atoms. The molecule has 0 spiro atoms. The highest BCUT2D eigenvalue weighted by molar-refractivity contribution is 7.18. The van der Waals surface area contributed by atoms with Crippen LogP contribution < -0.4 is 10.6 Å². The number of fused-ring (bicyclic) bond motifs is 1. The van der Waals surface area contributed by atoms with Gasteiger partial charge in [-0.05, 0) is 45.1 Å². The van der Waals surface area contributed by atoms with Gasteiger partial charge in [0, 0.05) is 10.9 Å². The predicted octanol–water partition coefficient (Wildman–Crippen LogP) is 3.72. The molecular weight excluding hydrogens is 320 g/mol. The Hall–Kier alpha value is -1.69. The van der Waals surface area contributed by atoms with Crippen molar-refractivity contribution in [3.63, 3.8) is 0 Å². The van der Waals surface area contributed by atoms with Crippen LogP contribution in [0.1, 0.15) is 48.9 Å². The lowest BCUT2D eigenvalue weighted by molar-refractivity contribution is -0.120. The molecule has 0 saturated heterocycles. The molecule has 2 aromatic rings. The van der Waals surface area contributed by atoms with Gasteiger partial charge in [-0.15, -0.1) is 11.3 Å². The van der Waals surface area contributed by atoms with Crippen LogP contribution in [-0.2, 0) is 4.79 Å². The summed E-state index contributed by atoms with van der Waals surface area (Å²) < 4.78 is 0. The van der Waals surface area contributed by atoms with Crippen molar-refractivity contribution in [3.05, 3.63) is 16.3 Å². The van der Waals surface area contributed by atoms with E-state index in [1.165, 1.54) is 29.7 Å². The zero-order chi connectivity index (χ0) is 17.3. The summed E-state index contributed by atoms with van der Waals surface area (Å²) in [6.07, 6.45) is 4.78. The van der Waals surface area contributed by atoms with Crippen LogP contribution in [0, 0.1) is 26.7 Å². The second-order valence-corrected chi connectivity index (χ2v) is 8.08. The van der Waals surface area contributed by atoms with Gasteiger partial charge >= 0.3 is 0 Å². The molecule has 0 aliphatic heterocycles. The summed E-state index contributed by atoms with van der Waals surface area (Å²) in [5.74, 6) is 2.11. The summed E-state index contributed by atoms with van der Waals surface area (Å²) in [6, 6.07) is 0.310. The van der Waals surface area contributed by atoms with E-state index in [0.717, 1.165) is 28.3 Å². The number of hydrogen-bond donors (Lipinski definition) is 2. The van der Waals surface area contributed by atoms with E-state index in [-0.39, 0.29) is 12.5 Å². The fourth-order valence-corrected chi connectivity index (χ4v) is 4.51. The number of hydrogen-bond acceptors (Lipinski definition) is 5. The molecular formula is C18H26N4OS. The highest BCUT2D eigenvalue weighted by atomic mass is 32.1. The van der Waals surface area contributed by atoms with E-state index < -0.39 is 0 Å². The average molecular weight is 347 g/mol. The van der Waals surface area contributed by atoms with Gasteiger partial charge in [-0.3, -0.25) is 4.79 Å². The van der Waals surface area contributed by atoms with Gasteiger partial charge in [-0.1, -0.05) is 19.8 Å². The van der Waals surface area contributed by atoms with Gasteiger partial charge in [-0.2, -0.15) is 0 Å². The quantitative estimate of drug-likeness (QED) is 0.885. The molecule has 2 unspecified atom stereocenters.